The molecule has 0 aliphatic heterocycles. The van der Waals surface area contributed by atoms with E-state index in [-0.39, 0.29) is 0 Å². The largest absolute Gasteiger partial charge is 0.388 e. The number of rotatable bonds is 5. The van der Waals surface area contributed by atoms with Crippen molar-refractivity contribution >= 4 is 12.1 Å². The first kappa shape index (κ1) is 14.5. The number of carbonyl (C=O) groups excluding carboxylic acids is 1. The summed E-state index contributed by atoms with van der Waals surface area (Å²) in [5, 5.41) is 3.22. The molecule has 5 nitrogen and oxygen atoms in total. The van der Waals surface area contributed by atoms with E-state index in [2.05, 4.69) is 29.4 Å². The van der Waals surface area contributed by atoms with Gasteiger partial charge >= 0.3 is 0 Å². The average Bonchev–Trinajstić information content (AvgIpc) is 3.24. The minimum atomic E-state index is 0.403. The summed E-state index contributed by atoms with van der Waals surface area (Å²) < 4.78 is 5.25. The monoisotopic (exact) mass is 251 g/mol. The van der Waals surface area contributed by atoms with Crippen LogP contribution < -0.4 is 16.6 Å². The number of carbonyl (C=O) groups is 1. The average molecular weight is 251 g/mol. The number of nitrogens with two attached hydrogens (primary N) is 1. The molecule has 2 rings (SSSR count). The molecule has 0 bridgehead atoms. The Morgan fingerprint density at radius 3 is 2.61 bits per heavy atom. The molecule has 0 heterocycles. The number of nitrogens with one attached hydrogen (secondary N) is 2. The molecule has 0 unspecified atom stereocenters. The van der Waals surface area contributed by atoms with Gasteiger partial charge in [-0.3, -0.25) is 10.2 Å². The van der Waals surface area contributed by atoms with Crippen molar-refractivity contribution in [2.24, 2.45) is 5.84 Å². The SMILES string of the molecule is CNc1cccc(C2CC2)c1COC.NNC=O. The quantitative estimate of drug-likeness (QED) is 0.319. The molecule has 0 aromatic heterocycles. The lowest BCUT2D eigenvalue weighted by molar-refractivity contribution is -0.109. The zero-order chi connectivity index (χ0) is 13.4. The van der Waals surface area contributed by atoms with Crippen molar-refractivity contribution < 1.29 is 9.53 Å². The van der Waals surface area contributed by atoms with Crippen LogP contribution in [0.15, 0.2) is 18.2 Å². The molecule has 1 aliphatic rings. The van der Waals surface area contributed by atoms with Crippen LogP contribution in [-0.2, 0) is 16.1 Å². The van der Waals surface area contributed by atoms with Gasteiger partial charge < -0.3 is 10.1 Å². The molecule has 18 heavy (non-hydrogen) atoms. The second-order valence-electron chi connectivity index (χ2n) is 4.12. The summed E-state index contributed by atoms with van der Waals surface area (Å²) in [5.41, 5.74) is 5.76. The number of hydrazine groups is 1. The lowest BCUT2D eigenvalue weighted by Crippen LogP contribution is -2.18. The van der Waals surface area contributed by atoms with E-state index in [1.54, 1.807) is 12.5 Å². The van der Waals surface area contributed by atoms with Crippen molar-refractivity contribution in [2.45, 2.75) is 25.4 Å². The van der Waals surface area contributed by atoms with Crippen molar-refractivity contribution in [2.75, 3.05) is 19.5 Å². The smallest absolute Gasteiger partial charge is 0.221 e. The molecule has 1 aliphatic carbocycles. The van der Waals surface area contributed by atoms with Gasteiger partial charge in [-0.25, -0.2) is 5.84 Å². The molecular formula is C13H21N3O2. The fourth-order valence-electron chi connectivity index (χ4n) is 1.92. The Labute approximate surface area is 108 Å². The summed E-state index contributed by atoms with van der Waals surface area (Å²) in [5.74, 6) is 5.20. The van der Waals surface area contributed by atoms with Crippen LogP contribution in [0, 0.1) is 0 Å². The minimum Gasteiger partial charge on any atom is -0.388 e. The van der Waals surface area contributed by atoms with E-state index in [9.17, 15) is 0 Å². The lowest BCUT2D eigenvalue weighted by Gasteiger charge is -2.13. The predicted octanol–water partition coefficient (Wildman–Crippen LogP) is 1.36. The van der Waals surface area contributed by atoms with Crippen molar-refractivity contribution in [3.05, 3.63) is 29.3 Å². The summed E-state index contributed by atoms with van der Waals surface area (Å²) in [6, 6.07) is 6.46. The summed E-state index contributed by atoms with van der Waals surface area (Å²) in [4.78, 5) is 8.94. The number of benzene rings is 1. The number of hydrogen-bond acceptors (Lipinski definition) is 4. The first-order valence-electron chi connectivity index (χ1n) is 5.96. The van der Waals surface area contributed by atoms with Gasteiger partial charge in [-0.1, -0.05) is 12.1 Å². The maximum atomic E-state index is 8.94. The Morgan fingerprint density at radius 1 is 1.50 bits per heavy atom. The van der Waals surface area contributed by atoms with Gasteiger partial charge in [-0.05, 0) is 30.4 Å². The van der Waals surface area contributed by atoms with E-state index < -0.39 is 0 Å². The highest BCUT2D eigenvalue weighted by Crippen LogP contribution is 2.43. The topological polar surface area (TPSA) is 76.4 Å². The molecule has 0 radical (unpaired) electrons. The second kappa shape index (κ2) is 7.68. The summed E-state index contributed by atoms with van der Waals surface area (Å²) in [6.07, 6.45) is 3.08. The van der Waals surface area contributed by atoms with Crippen molar-refractivity contribution in [3.8, 4) is 0 Å². The maximum absolute atomic E-state index is 8.94. The fraction of sp³-hybridized carbons (Fsp3) is 0.462. The first-order chi connectivity index (χ1) is 8.78. The van der Waals surface area contributed by atoms with Crippen molar-refractivity contribution in [3.63, 3.8) is 0 Å². The van der Waals surface area contributed by atoms with E-state index in [4.69, 9.17) is 9.53 Å². The summed E-state index contributed by atoms with van der Waals surface area (Å²) in [7, 11) is 3.72. The van der Waals surface area contributed by atoms with E-state index in [0.717, 1.165) is 5.92 Å². The van der Waals surface area contributed by atoms with Crippen molar-refractivity contribution in [1.29, 1.82) is 0 Å². The number of anilines is 1. The third-order valence-corrected chi connectivity index (χ3v) is 2.86. The molecule has 1 saturated carbocycles. The summed E-state index contributed by atoms with van der Waals surface area (Å²) >= 11 is 0. The number of amides is 1. The van der Waals surface area contributed by atoms with Gasteiger partial charge in [0.1, 0.15) is 0 Å². The van der Waals surface area contributed by atoms with E-state index in [1.807, 2.05) is 7.05 Å². The fourth-order valence-corrected chi connectivity index (χ4v) is 1.92. The third-order valence-electron chi connectivity index (χ3n) is 2.86. The number of ether oxygens (including phenoxy) is 1. The van der Waals surface area contributed by atoms with Crippen LogP contribution in [0.5, 0.6) is 0 Å². The van der Waals surface area contributed by atoms with Gasteiger partial charge in [0.25, 0.3) is 0 Å². The van der Waals surface area contributed by atoms with E-state index in [0.29, 0.717) is 13.0 Å². The first-order valence-corrected chi connectivity index (χ1v) is 5.96. The van der Waals surface area contributed by atoms with Crippen LogP contribution in [0.2, 0.25) is 0 Å². The molecule has 5 heteroatoms. The Morgan fingerprint density at radius 2 is 2.17 bits per heavy atom. The Bertz CT molecular complexity index is 378. The van der Waals surface area contributed by atoms with Crippen LogP contribution in [0.25, 0.3) is 0 Å². The molecule has 1 aromatic carbocycles. The zero-order valence-corrected chi connectivity index (χ0v) is 10.9. The molecule has 0 spiro atoms. The van der Waals surface area contributed by atoms with Gasteiger partial charge in [0, 0.05) is 25.4 Å². The molecular weight excluding hydrogens is 230 g/mol. The normalized spacial score (nSPS) is 13.3. The van der Waals surface area contributed by atoms with Crippen LogP contribution in [0.4, 0.5) is 5.69 Å². The third kappa shape index (κ3) is 4.01. The van der Waals surface area contributed by atoms with E-state index in [1.165, 1.54) is 29.7 Å². The number of hydrogen-bond donors (Lipinski definition) is 3. The number of methoxy groups -OCH3 is 1. The van der Waals surface area contributed by atoms with E-state index >= 15 is 0 Å². The lowest BCUT2D eigenvalue weighted by atomic mass is 10.0. The van der Waals surface area contributed by atoms with Crippen LogP contribution in [0.3, 0.4) is 0 Å². The highest BCUT2D eigenvalue weighted by Gasteiger charge is 2.26. The molecule has 0 saturated heterocycles. The molecule has 0 atom stereocenters. The molecule has 100 valence electrons. The molecule has 1 amide bonds. The van der Waals surface area contributed by atoms with Gasteiger partial charge in [0.2, 0.25) is 6.41 Å². The standard InChI is InChI=1S/C12H17NO.CH4N2O/c1-13-12-5-3-4-10(9-6-7-9)11(12)8-14-2;2-3-1-4/h3-5,9,13H,6-8H2,1-2H3;1H,2H2,(H,3,4). The van der Waals surface area contributed by atoms with Crippen molar-refractivity contribution in [1.82, 2.24) is 5.43 Å². The van der Waals surface area contributed by atoms with Gasteiger partial charge in [0.15, 0.2) is 0 Å². The minimum absolute atomic E-state index is 0.403. The highest BCUT2D eigenvalue weighted by atomic mass is 16.5. The zero-order valence-electron chi connectivity index (χ0n) is 10.9. The highest BCUT2D eigenvalue weighted by molar-refractivity contribution is 5.55. The van der Waals surface area contributed by atoms with Gasteiger partial charge in [0.05, 0.1) is 6.61 Å². The Kier molecular flexibility index (Phi) is 6.18. The summed E-state index contributed by atoms with van der Waals surface area (Å²) in [6.45, 7) is 0.711. The molecule has 1 aromatic rings. The van der Waals surface area contributed by atoms with Gasteiger partial charge in [-0.2, -0.15) is 0 Å². The molecule has 4 N–H and O–H groups in total. The van der Waals surface area contributed by atoms with Gasteiger partial charge in [-0.15, -0.1) is 0 Å². The predicted molar refractivity (Wildman–Crippen MR) is 72.1 cm³/mol. The Hall–Kier alpha value is -1.59. The van der Waals surface area contributed by atoms with Crippen LogP contribution >= 0.6 is 0 Å². The van der Waals surface area contributed by atoms with Crippen LogP contribution in [0.1, 0.15) is 29.9 Å². The van der Waals surface area contributed by atoms with Crippen LogP contribution in [-0.4, -0.2) is 20.6 Å². The molecule has 1 fully saturated rings. The second-order valence-corrected chi connectivity index (χ2v) is 4.12. The Balaban J connectivity index is 0.000000357. The maximum Gasteiger partial charge on any atom is 0.221 e.